The van der Waals surface area contributed by atoms with Crippen LogP contribution < -0.4 is 4.89 Å². The first-order valence-corrected chi connectivity index (χ1v) is 14.2. The third-order valence-corrected chi connectivity index (χ3v) is 5.92. The van der Waals surface area contributed by atoms with Crippen molar-refractivity contribution in [3.05, 3.63) is 36.5 Å². The Morgan fingerprint density at radius 1 is 0.943 bits per heavy atom. The van der Waals surface area contributed by atoms with Gasteiger partial charge in [0.05, 0.1) is 34.4 Å². The normalized spacial score (nSPS) is 15.3. The minimum Gasteiger partial charge on any atom is -0.756 e. The lowest BCUT2D eigenvalue weighted by atomic mass is 10.1. The Kier molecular flexibility index (Phi) is 20.1. The molecular weight excluding hydrogens is 469 g/mol. The monoisotopic (exact) mass is 517 g/mol. The molecule has 0 aliphatic rings. The average molecular weight is 518 g/mol. The molecule has 0 aromatic heterocycles. The molecule has 0 bridgehead atoms. The second kappa shape index (κ2) is 20.9. The molecule has 9 heteroatoms. The summed E-state index contributed by atoms with van der Waals surface area (Å²) in [6.07, 6.45) is 21.4. The fraction of sp³-hybridized carbons (Fsp3) is 0.731. The Morgan fingerprint density at radius 3 is 2.06 bits per heavy atom. The van der Waals surface area contributed by atoms with Crippen LogP contribution in [0.3, 0.4) is 0 Å². The van der Waals surface area contributed by atoms with Crippen molar-refractivity contribution in [2.24, 2.45) is 0 Å². The van der Waals surface area contributed by atoms with Crippen LogP contribution >= 0.6 is 7.82 Å². The number of phosphoric acid groups is 1. The van der Waals surface area contributed by atoms with Crippen molar-refractivity contribution in [3.8, 4) is 0 Å². The third kappa shape index (κ3) is 24.2. The van der Waals surface area contributed by atoms with E-state index in [9.17, 15) is 19.4 Å². The molecule has 0 aromatic carbocycles. The second-order valence-corrected chi connectivity index (χ2v) is 10.9. The van der Waals surface area contributed by atoms with E-state index < -0.39 is 33.1 Å². The van der Waals surface area contributed by atoms with Gasteiger partial charge in [-0.25, -0.2) is 0 Å². The molecule has 0 amide bonds. The summed E-state index contributed by atoms with van der Waals surface area (Å²) in [5, 5.41) is 9.35. The average Bonchev–Trinajstić information content (AvgIpc) is 2.78. The van der Waals surface area contributed by atoms with Crippen LogP contribution in [0, 0.1) is 0 Å². The lowest BCUT2D eigenvalue weighted by molar-refractivity contribution is -0.870. The molecule has 0 fully saturated rings. The first kappa shape index (κ1) is 33.7. The highest BCUT2D eigenvalue weighted by Crippen LogP contribution is 2.38. The quantitative estimate of drug-likeness (QED) is 0.0730. The van der Waals surface area contributed by atoms with Crippen LogP contribution in [0.15, 0.2) is 36.5 Å². The minimum atomic E-state index is -4.52. The standard InChI is InChI=1S/C26H48NO7P/c1-5-6-7-8-9-10-11-12-13-14-15-16-17-18-19-20-26(29)34-25(23-28)24-33-35(30,31)32-22-21-27(2,3)4/h9-10,12-13,15-16,25,28H,5-8,11,14,17-24H2,1-4H3/b10-9-,13-12-,16-15-/t25-/m1/s1. The largest absolute Gasteiger partial charge is 0.756 e. The third-order valence-electron chi connectivity index (χ3n) is 4.95. The van der Waals surface area contributed by atoms with Gasteiger partial charge in [0.1, 0.15) is 19.3 Å². The molecule has 0 saturated carbocycles. The fourth-order valence-electron chi connectivity index (χ4n) is 2.83. The predicted octanol–water partition coefficient (Wildman–Crippen LogP) is 4.69. The van der Waals surface area contributed by atoms with Gasteiger partial charge in [0.25, 0.3) is 7.82 Å². The first-order valence-electron chi connectivity index (χ1n) is 12.8. The van der Waals surface area contributed by atoms with E-state index in [0.717, 1.165) is 32.1 Å². The number of aliphatic hydroxyl groups excluding tert-OH is 1. The van der Waals surface area contributed by atoms with Gasteiger partial charge in [-0.15, -0.1) is 0 Å². The number of hydrogen-bond donors (Lipinski definition) is 1. The summed E-state index contributed by atoms with van der Waals surface area (Å²) in [6, 6.07) is 0. The van der Waals surface area contributed by atoms with E-state index in [-0.39, 0.29) is 13.0 Å². The number of carbonyl (C=O) groups is 1. The smallest absolute Gasteiger partial charge is 0.306 e. The molecule has 0 heterocycles. The van der Waals surface area contributed by atoms with Crippen LogP contribution in [0.2, 0.25) is 0 Å². The minimum absolute atomic E-state index is 0.0187. The van der Waals surface area contributed by atoms with Gasteiger partial charge < -0.3 is 28.3 Å². The van der Waals surface area contributed by atoms with Crippen LogP contribution in [0.1, 0.15) is 71.1 Å². The van der Waals surface area contributed by atoms with Gasteiger partial charge >= 0.3 is 5.97 Å². The van der Waals surface area contributed by atoms with Crippen molar-refractivity contribution in [1.29, 1.82) is 0 Å². The number of quaternary nitrogens is 1. The number of esters is 1. The zero-order valence-electron chi connectivity index (χ0n) is 22.2. The summed E-state index contributed by atoms with van der Waals surface area (Å²) in [5.74, 6) is -0.492. The molecule has 0 rings (SSSR count). The lowest BCUT2D eigenvalue weighted by Crippen LogP contribution is -2.37. The summed E-state index contributed by atoms with van der Waals surface area (Å²) < 4.78 is 27.0. The molecule has 0 radical (unpaired) electrons. The van der Waals surface area contributed by atoms with E-state index in [0.29, 0.717) is 17.4 Å². The Bertz CT molecular complexity index is 671. The van der Waals surface area contributed by atoms with Crippen LogP contribution in [-0.4, -0.2) is 69.2 Å². The molecule has 8 nitrogen and oxygen atoms in total. The molecule has 2 atom stereocenters. The topological polar surface area (TPSA) is 105 Å². The number of likely N-dealkylation sites (N-methyl/N-ethyl adjacent to an activating group) is 1. The number of allylic oxidation sites excluding steroid dienone is 6. The fourth-order valence-corrected chi connectivity index (χ4v) is 3.56. The van der Waals surface area contributed by atoms with Gasteiger partial charge in [0, 0.05) is 6.42 Å². The highest BCUT2D eigenvalue weighted by atomic mass is 31.2. The number of rotatable bonds is 22. The van der Waals surface area contributed by atoms with E-state index in [2.05, 4.69) is 43.4 Å². The van der Waals surface area contributed by atoms with Crippen molar-refractivity contribution in [1.82, 2.24) is 0 Å². The van der Waals surface area contributed by atoms with E-state index in [1.807, 2.05) is 21.1 Å². The van der Waals surface area contributed by atoms with Crippen molar-refractivity contribution in [3.63, 3.8) is 0 Å². The molecule has 1 unspecified atom stereocenters. The molecule has 0 saturated heterocycles. The van der Waals surface area contributed by atoms with Crippen LogP contribution in [-0.2, 0) is 23.1 Å². The van der Waals surface area contributed by atoms with Crippen LogP contribution in [0.4, 0.5) is 0 Å². The Labute approximate surface area is 212 Å². The van der Waals surface area contributed by atoms with Crippen molar-refractivity contribution >= 4 is 13.8 Å². The summed E-state index contributed by atoms with van der Waals surface area (Å²) in [5.41, 5.74) is 0. The molecule has 0 aromatic rings. The zero-order valence-corrected chi connectivity index (χ0v) is 23.1. The number of phosphoric ester groups is 1. The summed E-state index contributed by atoms with van der Waals surface area (Å²) >= 11 is 0. The van der Waals surface area contributed by atoms with E-state index >= 15 is 0 Å². The highest BCUT2D eigenvalue weighted by Gasteiger charge is 2.19. The molecule has 204 valence electrons. The zero-order chi connectivity index (χ0) is 26.4. The molecule has 0 spiro atoms. The maximum absolute atomic E-state index is 12.0. The maximum Gasteiger partial charge on any atom is 0.306 e. The molecule has 0 aliphatic carbocycles. The van der Waals surface area contributed by atoms with Gasteiger partial charge in [0.2, 0.25) is 0 Å². The number of ether oxygens (including phenoxy) is 1. The number of nitrogens with zero attached hydrogens (tertiary/aromatic N) is 1. The van der Waals surface area contributed by atoms with Crippen LogP contribution in [0.5, 0.6) is 0 Å². The highest BCUT2D eigenvalue weighted by molar-refractivity contribution is 7.45. The number of carbonyl (C=O) groups excluding carboxylic acids is 1. The molecule has 0 aliphatic heterocycles. The summed E-state index contributed by atoms with van der Waals surface area (Å²) in [7, 11) is 1.20. The van der Waals surface area contributed by atoms with Crippen molar-refractivity contribution < 1.29 is 37.6 Å². The van der Waals surface area contributed by atoms with Gasteiger partial charge in [-0.2, -0.15) is 0 Å². The van der Waals surface area contributed by atoms with Gasteiger partial charge in [-0.3, -0.25) is 9.36 Å². The van der Waals surface area contributed by atoms with Gasteiger partial charge in [-0.1, -0.05) is 56.2 Å². The Morgan fingerprint density at radius 2 is 1.51 bits per heavy atom. The first-order chi connectivity index (χ1) is 16.6. The Balaban J connectivity index is 3.90. The van der Waals surface area contributed by atoms with Crippen molar-refractivity contribution in [2.45, 2.75) is 77.2 Å². The lowest BCUT2D eigenvalue weighted by Gasteiger charge is -2.28. The second-order valence-electron chi connectivity index (χ2n) is 9.51. The summed E-state index contributed by atoms with van der Waals surface area (Å²) in [6.45, 7) is 1.67. The SMILES string of the molecule is CCCCC/C=C\C/C=C\C/C=C\CCCCC(=O)O[C@H](CO)COP(=O)([O-])OCC[N+](C)(C)C. The number of hydrogen-bond acceptors (Lipinski definition) is 7. The van der Waals surface area contributed by atoms with Crippen LogP contribution in [0.25, 0.3) is 0 Å². The number of aliphatic hydroxyl groups is 1. The van der Waals surface area contributed by atoms with Gasteiger partial charge in [-0.05, 0) is 44.9 Å². The molecular formula is C26H48NO7P. The maximum atomic E-state index is 12.0. The van der Waals surface area contributed by atoms with E-state index in [1.54, 1.807) is 0 Å². The Hall–Kier alpha value is -1.28. The van der Waals surface area contributed by atoms with Gasteiger partial charge in [0.15, 0.2) is 0 Å². The van der Waals surface area contributed by atoms with E-state index in [1.165, 1.54) is 19.3 Å². The predicted molar refractivity (Wildman–Crippen MR) is 139 cm³/mol. The summed E-state index contributed by atoms with van der Waals surface area (Å²) in [4.78, 5) is 23.7. The van der Waals surface area contributed by atoms with E-state index in [4.69, 9.17) is 13.8 Å². The molecule has 1 N–H and O–H groups in total. The molecule has 35 heavy (non-hydrogen) atoms. The van der Waals surface area contributed by atoms with Crippen molar-refractivity contribution in [2.75, 3.05) is 47.5 Å². The number of unbranched alkanes of at least 4 members (excludes halogenated alkanes) is 5.